The molecule has 4 rings (SSSR count). The summed E-state index contributed by atoms with van der Waals surface area (Å²) in [6, 6.07) is 14.1. The minimum Gasteiger partial charge on any atom is -0.272 e. The highest BCUT2D eigenvalue weighted by Crippen LogP contribution is 2.28. The molecular weight excluding hydrogens is 401 g/mol. The van der Waals surface area contributed by atoms with E-state index in [1.165, 1.54) is 17.8 Å². The van der Waals surface area contributed by atoms with Gasteiger partial charge in [-0.25, -0.2) is 9.37 Å². The van der Waals surface area contributed by atoms with Crippen molar-refractivity contribution in [1.82, 2.24) is 14.1 Å². The molecule has 27 heavy (non-hydrogen) atoms. The molecule has 0 fully saturated rings. The summed E-state index contributed by atoms with van der Waals surface area (Å²) in [5.74, 6) is -0.406. The number of benzene rings is 2. The number of aromatic nitrogens is 3. The number of aryl methyl sites for hydroxylation is 1. The Morgan fingerprint density at radius 3 is 2.59 bits per heavy atom. The van der Waals surface area contributed by atoms with Gasteiger partial charge in [-0.3, -0.25) is 13.9 Å². The fourth-order valence-electron chi connectivity index (χ4n) is 2.88. The Kier molecular flexibility index (Phi) is 4.71. The second-order valence-electron chi connectivity index (χ2n) is 5.89. The van der Waals surface area contributed by atoms with Crippen LogP contribution >= 0.6 is 35.3 Å². The Hall–Kier alpha value is -2.29. The van der Waals surface area contributed by atoms with E-state index in [4.69, 9.17) is 12.2 Å². The van der Waals surface area contributed by atoms with E-state index < -0.39 is 5.82 Å². The minimum absolute atomic E-state index is 0.210. The van der Waals surface area contributed by atoms with E-state index in [0.717, 1.165) is 22.6 Å². The molecule has 0 saturated heterocycles. The number of hydrogen-bond donors (Lipinski definition) is 0. The molecule has 0 spiro atoms. The number of thiazole rings is 1. The second kappa shape index (κ2) is 7.03. The van der Waals surface area contributed by atoms with Gasteiger partial charge in [0.05, 0.1) is 11.4 Å². The highest BCUT2D eigenvalue weighted by atomic mass is 32.2. The summed E-state index contributed by atoms with van der Waals surface area (Å²) in [7, 11) is 0. The molecule has 0 unspecified atom stereocenters. The molecular formula is C19H14FN3OS3. The lowest BCUT2D eigenvalue weighted by atomic mass is 10.2. The van der Waals surface area contributed by atoms with Crippen molar-refractivity contribution in [3.8, 4) is 11.4 Å². The van der Waals surface area contributed by atoms with E-state index in [0.29, 0.717) is 25.1 Å². The molecule has 2 heterocycles. The van der Waals surface area contributed by atoms with Crippen molar-refractivity contribution in [3.63, 3.8) is 0 Å². The minimum atomic E-state index is -0.406. The summed E-state index contributed by atoms with van der Waals surface area (Å²) in [6.45, 7) is 1.88. The summed E-state index contributed by atoms with van der Waals surface area (Å²) in [5.41, 5.74) is 2.11. The Morgan fingerprint density at radius 1 is 1.15 bits per heavy atom. The molecule has 2 aromatic heterocycles. The van der Waals surface area contributed by atoms with Crippen LogP contribution in [0, 0.1) is 16.7 Å². The largest absolute Gasteiger partial charge is 0.278 e. The molecule has 0 saturated carbocycles. The highest BCUT2D eigenvalue weighted by Gasteiger charge is 2.19. The van der Waals surface area contributed by atoms with Crippen molar-refractivity contribution in [2.24, 2.45) is 0 Å². The third kappa shape index (κ3) is 3.03. The molecule has 136 valence electrons. The zero-order valence-corrected chi connectivity index (χ0v) is 16.9. The van der Waals surface area contributed by atoms with Crippen molar-refractivity contribution in [1.29, 1.82) is 0 Å². The Labute approximate surface area is 167 Å². The SMILES string of the molecule is CSc1nc2c(sc(=S)n2-c2cc(C)ccc2F)c(=O)n1-c1ccccc1. The van der Waals surface area contributed by atoms with Gasteiger partial charge in [0, 0.05) is 0 Å². The molecule has 0 atom stereocenters. The van der Waals surface area contributed by atoms with E-state index in [1.54, 1.807) is 21.3 Å². The first kappa shape index (κ1) is 18.1. The van der Waals surface area contributed by atoms with Gasteiger partial charge in [-0.1, -0.05) is 47.4 Å². The first-order chi connectivity index (χ1) is 13.0. The van der Waals surface area contributed by atoms with Crippen LogP contribution in [0.3, 0.4) is 0 Å². The quantitative estimate of drug-likeness (QED) is 0.264. The van der Waals surface area contributed by atoms with E-state index in [2.05, 4.69) is 4.98 Å². The number of fused-ring (bicyclic) bond motifs is 1. The van der Waals surface area contributed by atoms with Gasteiger partial charge in [-0.15, -0.1) is 0 Å². The molecule has 0 N–H and O–H groups in total. The van der Waals surface area contributed by atoms with Crippen molar-refractivity contribution in [3.05, 3.63) is 74.2 Å². The standard InChI is InChI=1S/C19H14FN3OS3/c1-11-8-9-13(20)14(10-11)23-16-15(27-19(23)25)17(24)22(18(21-16)26-2)12-6-4-3-5-7-12/h3-10H,1-2H3. The number of halogens is 1. The van der Waals surface area contributed by atoms with Crippen LogP contribution in [0.2, 0.25) is 0 Å². The molecule has 0 aliphatic carbocycles. The molecule has 0 bridgehead atoms. The normalized spacial score (nSPS) is 11.2. The first-order valence-electron chi connectivity index (χ1n) is 8.06. The predicted molar refractivity (Wildman–Crippen MR) is 112 cm³/mol. The number of thioether (sulfide) groups is 1. The van der Waals surface area contributed by atoms with E-state index in [-0.39, 0.29) is 5.56 Å². The predicted octanol–water partition coefficient (Wildman–Crippen LogP) is 5.14. The van der Waals surface area contributed by atoms with Crippen LogP contribution in [0.5, 0.6) is 0 Å². The fourth-order valence-corrected chi connectivity index (χ4v) is 4.72. The zero-order chi connectivity index (χ0) is 19.1. The molecule has 0 aliphatic heterocycles. The maximum absolute atomic E-state index is 14.5. The topological polar surface area (TPSA) is 39.8 Å². The van der Waals surface area contributed by atoms with Gasteiger partial charge in [0.1, 0.15) is 10.5 Å². The molecule has 4 aromatic rings. The summed E-state index contributed by atoms with van der Waals surface area (Å²) in [6.07, 6.45) is 1.85. The van der Waals surface area contributed by atoms with Gasteiger partial charge in [0.15, 0.2) is 14.8 Å². The van der Waals surface area contributed by atoms with E-state index in [9.17, 15) is 9.18 Å². The summed E-state index contributed by atoms with van der Waals surface area (Å²) >= 11 is 7.96. The molecule has 0 radical (unpaired) electrons. The lowest BCUT2D eigenvalue weighted by Gasteiger charge is -2.12. The average Bonchev–Trinajstić information content (AvgIpc) is 3.00. The molecule has 4 nitrogen and oxygen atoms in total. The van der Waals surface area contributed by atoms with Gasteiger partial charge in [0.25, 0.3) is 5.56 Å². The highest BCUT2D eigenvalue weighted by molar-refractivity contribution is 7.98. The maximum Gasteiger partial charge on any atom is 0.278 e. The lowest BCUT2D eigenvalue weighted by Crippen LogP contribution is -2.21. The van der Waals surface area contributed by atoms with Gasteiger partial charge >= 0.3 is 0 Å². The van der Waals surface area contributed by atoms with Crippen LogP contribution in [0.25, 0.3) is 21.7 Å². The van der Waals surface area contributed by atoms with Crippen LogP contribution in [0.1, 0.15) is 5.56 Å². The number of nitrogens with zero attached hydrogens (tertiary/aromatic N) is 3. The Balaban J connectivity index is 2.10. The number of hydrogen-bond acceptors (Lipinski definition) is 5. The van der Waals surface area contributed by atoms with Gasteiger partial charge in [0.2, 0.25) is 0 Å². The number of rotatable bonds is 3. The smallest absolute Gasteiger partial charge is 0.272 e. The van der Waals surface area contributed by atoms with Crippen LogP contribution in [-0.2, 0) is 0 Å². The Morgan fingerprint density at radius 2 is 1.89 bits per heavy atom. The van der Waals surface area contributed by atoms with Gasteiger partial charge in [-0.2, -0.15) is 0 Å². The second-order valence-corrected chi connectivity index (χ2v) is 8.30. The fraction of sp³-hybridized carbons (Fsp3) is 0.105. The lowest BCUT2D eigenvalue weighted by molar-refractivity contribution is 0.618. The maximum atomic E-state index is 14.5. The molecule has 0 amide bonds. The van der Waals surface area contributed by atoms with Gasteiger partial charge < -0.3 is 0 Å². The molecule has 2 aromatic carbocycles. The third-order valence-electron chi connectivity index (χ3n) is 4.12. The third-order valence-corrected chi connectivity index (χ3v) is 6.11. The van der Waals surface area contributed by atoms with Crippen LogP contribution in [0.4, 0.5) is 4.39 Å². The van der Waals surface area contributed by atoms with Crippen molar-refractivity contribution in [2.75, 3.05) is 6.26 Å². The van der Waals surface area contributed by atoms with Crippen LogP contribution in [0.15, 0.2) is 58.5 Å². The van der Waals surface area contributed by atoms with E-state index >= 15 is 0 Å². The zero-order valence-electron chi connectivity index (χ0n) is 14.5. The summed E-state index contributed by atoms with van der Waals surface area (Å²) in [4.78, 5) is 17.9. The monoisotopic (exact) mass is 415 g/mol. The van der Waals surface area contributed by atoms with Gasteiger partial charge in [-0.05, 0) is 55.2 Å². The Bertz CT molecular complexity index is 1280. The average molecular weight is 416 g/mol. The van der Waals surface area contributed by atoms with E-state index in [1.807, 2.05) is 43.5 Å². The van der Waals surface area contributed by atoms with Crippen LogP contribution < -0.4 is 5.56 Å². The number of para-hydroxylation sites is 1. The van der Waals surface area contributed by atoms with Crippen molar-refractivity contribution in [2.45, 2.75) is 12.1 Å². The summed E-state index contributed by atoms with van der Waals surface area (Å²) in [5, 5.41) is 0.522. The van der Waals surface area contributed by atoms with Crippen molar-refractivity contribution < 1.29 is 4.39 Å². The summed E-state index contributed by atoms with van der Waals surface area (Å²) < 4.78 is 18.4. The molecule has 0 aliphatic rings. The van der Waals surface area contributed by atoms with Crippen molar-refractivity contribution >= 4 is 45.7 Å². The molecule has 8 heteroatoms. The first-order valence-corrected chi connectivity index (χ1v) is 10.5. The van der Waals surface area contributed by atoms with Crippen LogP contribution in [-0.4, -0.2) is 20.4 Å².